The minimum atomic E-state index is -0.246. The second-order valence-electron chi connectivity index (χ2n) is 6.69. The lowest BCUT2D eigenvalue weighted by Crippen LogP contribution is -2.37. The van der Waals surface area contributed by atoms with Crippen molar-refractivity contribution in [2.45, 2.75) is 13.5 Å². The molecule has 0 atom stereocenters. The molecule has 1 amide bonds. The minimum Gasteiger partial charge on any atom is -0.497 e. The van der Waals surface area contributed by atoms with Gasteiger partial charge in [0, 0.05) is 42.3 Å². The fraction of sp³-hybridized carbons (Fsp3) is 0.333. The van der Waals surface area contributed by atoms with Gasteiger partial charge in [-0.2, -0.15) is 0 Å². The van der Waals surface area contributed by atoms with E-state index in [1.165, 1.54) is 0 Å². The lowest BCUT2D eigenvalue weighted by Gasteiger charge is -2.29. The molecule has 1 fully saturated rings. The third-order valence-electron chi connectivity index (χ3n) is 4.97. The Morgan fingerprint density at radius 2 is 2.11 bits per heavy atom. The number of aromatic nitrogens is 1. The molecule has 1 aliphatic rings. The van der Waals surface area contributed by atoms with Crippen LogP contribution < -0.4 is 15.0 Å². The average molecular weight is 381 g/mol. The van der Waals surface area contributed by atoms with Crippen molar-refractivity contribution in [1.82, 2.24) is 10.3 Å². The number of anilines is 1. The molecule has 7 nitrogen and oxygen atoms in total. The lowest BCUT2D eigenvalue weighted by atomic mass is 10.1. The first kappa shape index (κ1) is 18.3. The number of nitrogens with one attached hydrogen (secondary N) is 1. The van der Waals surface area contributed by atoms with E-state index in [0.717, 1.165) is 41.2 Å². The van der Waals surface area contributed by atoms with E-state index in [9.17, 15) is 4.79 Å². The topological polar surface area (TPSA) is 76.8 Å². The van der Waals surface area contributed by atoms with Crippen LogP contribution in [0.2, 0.25) is 0 Å². The van der Waals surface area contributed by atoms with Crippen LogP contribution in [0.25, 0.3) is 11.0 Å². The predicted molar refractivity (Wildman–Crippen MR) is 106 cm³/mol. The third-order valence-corrected chi connectivity index (χ3v) is 4.97. The highest BCUT2D eigenvalue weighted by Gasteiger charge is 2.20. The number of pyridine rings is 1. The number of aryl methyl sites for hydroxylation is 1. The third kappa shape index (κ3) is 3.53. The maximum absolute atomic E-state index is 12.8. The van der Waals surface area contributed by atoms with Crippen molar-refractivity contribution in [2.75, 3.05) is 38.3 Å². The van der Waals surface area contributed by atoms with Crippen LogP contribution in [0.3, 0.4) is 0 Å². The number of ether oxygens (including phenoxy) is 2. The second kappa shape index (κ2) is 7.90. The number of furan rings is 1. The fourth-order valence-corrected chi connectivity index (χ4v) is 3.43. The number of methoxy groups -OCH3 is 1. The first-order valence-corrected chi connectivity index (χ1v) is 9.29. The summed E-state index contributed by atoms with van der Waals surface area (Å²) in [7, 11) is 1.62. The van der Waals surface area contributed by atoms with Crippen LogP contribution in [-0.4, -0.2) is 44.3 Å². The molecule has 0 radical (unpaired) electrons. The zero-order valence-electron chi connectivity index (χ0n) is 16.0. The first-order valence-electron chi connectivity index (χ1n) is 9.29. The van der Waals surface area contributed by atoms with E-state index >= 15 is 0 Å². The summed E-state index contributed by atoms with van der Waals surface area (Å²) in [5, 5.41) is 3.84. The Kier molecular flexibility index (Phi) is 5.16. The van der Waals surface area contributed by atoms with Crippen molar-refractivity contribution in [1.29, 1.82) is 0 Å². The fourth-order valence-electron chi connectivity index (χ4n) is 3.43. The Balaban J connectivity index is 1.52. The molecular formula is C21H23N3O4. The average Bonchev–Trinajstić information content (AvgIpc) is 3.09. The summed E-state index contributed by atoms with van der Waals surface area (Å²) in [6.07, 6.45) is 1.77. The number of amides is 1. The summed E-state index contributed by atoms with van der Waals surface area (Å²) in [5.74, 6) is 1.69. The molecule has 1 aliphatic heterocycles. The number of hydrogen-bond donors (Lipinski definition) is 1. The van der Waals surface area contributed by atoms with Gasteiger partial charge >= 0.3 is 0 Å². The molecule has 0 aliphatic carbocycles. The molecule has 0 bridgehead atoms. The van der Waals surface area contributed by atoms with Crippen molar-refractivity contribution < 1.29 is 18.7 Å². The van der Waals surface area contributed by atoms with Crippen molar-refractivity contribution >= 4 is 22.7 Å². The van der Waals surface area contributed by atoms with Gasteiger partial charge < -0.3 is 24.1 Å². The van der Waals surface area contributed by atoms with Crippen molar-refractivity contribution in [2.24, 2.45) is 0 Å². The summed E-state index contributed by atoms with van der Waals surface area (Å²) < 4.78 is 16.5. The summed E-state index contributed by atoms with van der Waals surface area (Å²) in [6.45, 7) is 5.21. The van der Waals surface area contributed by atoms with Gasteiger partial charge in [0.1, 0.15) is 17.2 Å². The number of fused-ring (bicyclic) bond motifs is 1. The van der Waals surface area contributed by atoms with E-state index in [-0.39, 0.29) is 5.91 Å². The van der Waals surface area contributed by atoms with E-state index in [1.54, 1.807) is 13.3 Å². The van der Waals surface area contributed by atoms with E-state index in [0.29, 0.717) is 31.1 Å². The standard InChI is InChI=1S/C21H23N3O4/c1-14-17-12-16(26-2)5-6-18(17)28-19(14)21(25)23-13-15-4-3-7-22-20(15)24-8-10-27-11-9-24/h3-7,12H,8-11,13H2,1-2H3,(H,23,25). The molecular weight excluding hydrogens is 358 g/mol. The van der Waals surface area contributed by atoms with Crippen LogP contribution in [0.5, 0.6) is 5.75 Å². The molecule has 1 saturated heterocycles. The Bertz CT molecular complexity index is 992. The van der Waals surface area contributed by atoms with Crippen LogP contribution in [-0.2, 0) is 11.3 Å². The van der Waals surface area contributed by atoms with Crippen molar-refractivity contribution in [3.8, 4) is 5.75 Å². The van der Waals surface area contributed by atoms with Gasteiger partial charge in [-0.3, -0.25) is 4.79 Å². The van der Waals surface area contributed by atoms with Crippen LogP contribution in [0, 0.1) is 6.92 Å². The molecule has 3 heterocycles. The van der Waals surface area contributed by atoms with Gasteiger partial charge in [-0.25, -0.2) is 4.98 Å². The number of morpholine rings is 1. The number of carbonyl (C=O) groups excluding carboxylic acids is 1. The van der Waals surface area contributed by atoms with E-state index in [1.807, 2.05) is 37.3 Å². The first-order chi connectivity index (χ1) is 13.7. The molecule has 0 unspecified atom stereocenters. The summed E-state index contributed by atoms with van der Waals surface area (Å²) in [6, 6.07) is 9.37. The maximum Gasteiger partial charge on any atom is 0.287 e. The molecule has 0 saturated carbocycles. The molecule has 4 rings (SSSR count). The molecule has 3 aromatic rings. The molecule has 0 spiro atoms. The molecule has 1 N–H and O–H groups in total. The van der Waals surface area contributed by atoms with Crippen LogP contribution >= 0.6 is 0 Å². The zero-order chi connectivity index (χ0) is 19.5. The largest absolute Gasteiger partial charge is 0.497 e. The van der Waals surface area contributed by atoms with Gasteiger partial charge in [-0.15, -0.1) is 0 Å². The van der Waals surface area contributed by atoms with Crippen molar-refractivity contribution in [3.63, 3.8) is 0 Å². The lowest BCUT2D eigenvalue weighted by molar-refractivity contribution is 0.0924. The number of carbonyl (C=O) groups is 1. The quantitative estimate of drug-likeness (QED) is 0.732. The van der Waals surface area contributed by atoms with Gasteiger partial charge in [-0.1, -0.05) is 6.07 Å². The van der Waals surface area contributed by atoms with Crippen LogP contribution in [0.15, 0.2) is 40.9 Å². The van der Waals surface area contributed by atoms with Crippen LogP contribution in [0.1, 0.15) is 21.7 Å². The molecule has 28 heavy (non-hydrogen) atoms. The number of nitrogens with zero attached hydrogens (tertiary/aromatic N) is 2. The van der Waals surface area contributed by atoms with Crippen molar-refractivity contribution in [3.05, 3.63) is 53.4 Å². The van der Waals surface area contributed by atoms with Gasteiger partial charge in [-0.05, 0) is 31.2 Å². The highest BCUT2D eigenvalue weighted by atomic mass is 16.5. The smallest absolute Gasteiger partial charge is 0.287 e. The Labute approximate surface area is 163 Å². The summed E-state index contributed by atoms with van der Waals surface area (Å²) in [4.78, 5) is 19.5. The SMILES string of the molecule is COc1ccc2oc(C(=O)NCc3cccnc3N3CCOCC3)c(C)c2c1. The molecule has 7 heteroatoms. The normalized spacial score (nSPS) is 14.3. The summed E-state index contributed by atoms with van der Waals surface area (Å²) in [5.41, 5.74) is 2.43. The van der Waals surface area contributed by atoms with Gasteiger partial charge in [0.2, 0.25) is 0 Å². The Morgan fingerprint density at radius 3 is 2.89 bits per heavy atom. The van der Waals surface area contributed by atoms with Gasteiger partial charge in [0.05, 0.1) is 20.3 Å². The number of benzene rings is 1. The Morgan fingerprint density at radius 1 is 1.29 bits per heavy atom. The van der Waals surface area contributed by atoms with E-state index in [4.69, 9.17) is 13.9 Å². The summed E-state index contributed by atoms with van der Waals surface area (Å²) >= 11 is 0. The second-order valence-corrected chi connectivity index (χ2v) is 6.69. The number of hydrogen-bond acceptors (Lipinski definition) is 6. The van der Waals surface area contributed by atoms with Crippen LogP contribution in [0.4, 0.5) is 5.82 Å². The molecule has 1 aromatic carbocycles. The number of rotatable bonds is 5. The Hall–Kier alpha value is -3.06. The zero-order valence-corrected chi connectivity index (χ0v) is 16.0. The monoisotopic (exact) mass is 381 g/mol. The van der Waals surface area contributed by atoms with Gasteiger partial charge in [0.15, 0.2) is 5.76 Å². The molecule has 2 aromatic heterocycles. The maximum atomic E-state index is 12.8. The highest BCUT2D eigenvalue weighted by Crippen LogP contribution is 2.29. The minimum absolute atomic E-state index is 0.246. The highest BCUT2D eigenvalue weighted by molar-refractivity contribution is 5.99. The molecule has 146 valence electrons. The van der Waals surface area contributed by atoms with E-state index < -0.39 is 0 Å². The van der Waals surface area contributed by atoms with Gasteiger partial charge in [0.25, 0.3) is 5.91 Å². The predicted octanol–water partition coefficient (Wildman–Crippen LogP) is 2.91. The van der Waals surface area contributed by atoms with E-state index in [2.05, 4.69) is 15.2 Å².